The number of hydrogen-bond acceptors (Lipinski definition) is 6. The number of benzene rings is 1. The fourth-order valence-corrected chi connectivity index (χ4v) is 1.52. The van der Waals surface area contributed by atoms with Crippen molar-refractivity contribution in [2.24, 2.45) is 0 Å². The Morgan fingerprint density at radius 2 is 2.11 bits per heavy atom. The fourth-order valence-electron chi connectivity index (χ4n) is 1.52. The van der Waals surface area contributed by atoms with Gasteiger partial charge in [-0.2, -0.15) is 5.21 Å². The molecule has 1 amide bonds. The molecule has 9 heteroatoms. The Hall–Kier alpha value is -3.10. The Kier molecular flexibility index (Phi) is 2.69. The van der Waals surface area contributed by atoms with E-state index in [0.29, 0.717) is 5.69 Å². The van der Waals surface area contributed by atoms with Gasteiger partial charge in [0.05, 0.1) is 5.69 Å². The lowest BCUT2D eigenvalue weighted by Gasteiger charge is -2.05. The second-order valence-electron chi connectivity index (χ2n) is 3.61. The number of hydrogen-bond donors (Lipinski definition) is 2. The van der Waals surface area contributed by atoms with Crippen LogP contribution < -0.4 is 5.32 Å². The molecule has 0 radical (unpaired) electrons. The van der Waals surface area contributed by atoms with Gasteiger partial charge >= 0.3 is 0 Å². The van der Waals surface area contributed by atoms with Crippen molar-refractivity contribution in [3.05, 3.63) is 42.7 Å². The maximum Gasteiger partial charge on any atom is 0.297 e. The standard InChI is InChI=1S/C10H8N8O/c19-10(9-14-16-17-15-9)13-7-2-1-3-8(4-7)18-5-11-12-6-18/h1-6H,(H,13,19)(H,14,15,16,17). The van der Waals surface area contributed by atoms with E-state index in [9.17, 15) is 4.79 Å². The molecule has 0 saturated heterocycles. The number of aromatic nitrogens is 7. The largest absolute Gasteiger partial charge is 0.319 e. The third-order valence-corrected chi connectivity index (χ3v) is 2.37. The highest BCUT2D eigenvalue weighted by atomic mass is 16.2. The lowest BCUT2D eigenvalue weighted by atomic mass is 10.2. The molecule has 0 unspecified atom stereocenters. The molecule has 0 aliphatic heterocycles. The van der Waals surface area contributed by atoms with E-state index < -0.39 is 5.91 Å². The van der Waals surface area contributed by atoms with Crippen LogP contribution in [0.25, 0.3) is 5.69 Å². The Labute approximate surface area is 106 Å². The lowest BCUT2D eigenvalue weighted by Crippen LogP contribution is -2.14. The summed E-state index contributed by atoms with van der Waals surface area (Å²) in [6.07, 6.45) is 3.14. The molecule has 2 N–H and O–H groups in total. The number of amides is 1. The van der Waals surface area contributed by atoms with E-state index in [-0.39, 0.29) is 5.82 Å². The predicted molar refractivity (Wildman–Crippen MR) is 63.5 cm³/mol. The van der Waals surface area contributed by atoms with Gasteiger partial charge in [-0.05, 0) is 23.4 Å². The second kappa shape index (κ2) is 4.64. The molecule has 9 nitrogen and oxygen atoms in total. The van der Waals surface area contributed by atoms with Crippen LogP contribution in [0.5, 0.6) is 0 Å². The van der Waals surface area contributed by atoms with E-state index >= 15 is 0 Å². The molecule has 0 aliphatic carbocycles. The van der Waals surface area contributed by atoms with Gasteiger partial charge in [0.1, 0.15) is 12.7 Å². The molecule has 1 aromatic carbocycles. The minimum atomic E-state index is -0.436. The van der Waals surface area contributed by atoms with Gasteiger partial charge in [-0.3, -0.25) is 9.36 Å². The van der Waals surface area contributed by atoms with Crippen molar-refractivity contribution in [2.45, 2.75) is 0 Å². The molecule has 0 saturated carbocycles. The second-order valence-corrected chi connectivity index (χ2v) is 3.61. The summed E-state index contributed by atoms with van der Waals surface area (Å²) in [4.78, 5) is 11.7. The van der Waals surface area contributed by atoms with Crippen molar-refractivity contribution < 1.29 is 4.79 Å². The van der Waals surface area contributed by atoms with Crippen LogP contribution in [0, 0.1) is 0 Å². The topological polar surface area (TPSA) is 114 Å². The number of nitrogens with one attached hydrogen (secondary N) is 2. The summed E-state index contributed by atoms with van der Waals surface area (Å²) in [6.45, 7) is 0. The van der Waals surface area contributed by atoms with Crippen LogP contribution in [0.2, 0.25) is 0 Å². The van der Waals surface area contributed by atoms with Crippen molar-refractivity contribution in [3.63, 3.8) is 0 Å². The maximum atomic E-state index is 11.7. The molecule has 0 bridgehead atoms. The summed E-state index contributed by atoms with van der Waals surface area (Å²) in [5.74, 6) is -0.454. The first-order chi connectivity index (χ1) is 9.33. The van der Waals surface area contributed by atoms with Crippen molar-refractivity contribution in [1.82, 2.24) is 35.4 Å². The molecule has 2 heterocycles. The molecule has 3 aromatic rings. The highest BCUT2D eigenvalue weighted by Crippen LogP contribution is 2.14. The number of carbonyl (C=O) groups is 1. The highest BCUT2D eigenvalue weighted by molar-refractivity contribution is 6.01. The van der Waals surface area contributed by atoms with Gasteiger partial charge in [-0.15, -0.1) is 20.4 Å². The molecule has 0 aliphatic rings. The monoisotopic (exact) mass is 256 g/mol. The first kappa shape index (κ1) is 11.0. The average molecular weight is 256 g/mol. The molecule has 0 atom stereocenters. The van der Waals surface area contributed by atoms with Gasteiger partial charge < -0.3 is 5.32 Å². The van der Waals surface area contributed by atoms with Crippen molar-refractivity contribution in [3.8, 4) is 5.69 Å². The van der Waals surface area contributed by atoms with E-state index in [1.807, 2.05) is 6.07 Å². The van der Waals surface area contributed by atoms with E-state index in [2.05, 4.69) is 36.1 Å². The van der Waals surface area contributed by atoms with Crippen LogP contribution >= 0.6 is 0 Å². The van der Waals surface area contributed by atoms with Crippen LogP contribution in [0.3, 0.4) is 0 Å². The summed E-state index contributed by atoms with van der Waals surface area (Å²) >= 11 is 0. The van der Waals surface area contributed by atoms with Gasteiger partial charge in [0.2, 0.25) is 0 Å². The minimum Gasteiger partial charge on any atom is -0.319 e. The summed E-state index contributed by atoms with van der Waals surface area (Å²) in [6, 6.07) is 7.21. The number of nitrogens with zero attached hydrogens (tertiary/aromatic N) is 6. The first-order valence-corrected chi connectivity index (χ1v) is 5.33. The molecule has 19 heavy (non-hydrogen) atoms. The van der Waals surface area contributed by atoms with Crippen LogP contribution in [-0.2, 0) is 0 Å². The smallest absolute Gasteiger partial charge is 0.297 e. The van der Waals surface area contributed by atoms with Crippen LogP contribution in [0.4, 0.5) is 5.69 Å². The highest BCUT2D eigenvalue weighted by Gasteiger charge is 2.10. The lowest BCUT2D eigenvalue weighted by molar-refractivity contribution is 0.101. The zero-order valence-electron chi connectivity index (χ0n) is 9.56. The van der Waals surface area contributed by atoms with Gasteiger partial charge in [0.15, 0.2) is 0 Å². The molecule has 0 spiro atoms. The number of carbonyl (C=O) groups excluding carboxylic acids is 1. The van der Waals surface area contributed by atoms with E-state index in [0.717, 1.165) is 5.69 Å². The van der Waals surface area contributed by atoms with Gasteiger partial charge in [0, 0.05) is 5.69 Å². The SMILES string of the molecule is O=C(Nc1cccc(-n2cnnc2)c1)c1nn[nH]n1. The molecular weight excluding hydrogens is 248 g/mol. The third-order valence-electron chi connectivity index (χ3n) is 2.37. The fraction of sp³-hybridized carbons (Fsp3) is 0. The van der Waals surface area contributed by atoms with Gasteiger partial charge in [-0.25, -0.2) is 0 Å². The van der Waals surface area contributed by atoms with Crippen molar-refractivity contribution >= 4 is 11.6 Å². The molecule has 94 valence electrons. The Balaban J connectivity index is 1.82. The summed E-state index contributed by atoms with van der Waals surface area (Å²) in [7, 11) is 0. The number of anilines is 1. The van der Waals surface area contributed by atoms with Gasteiger partial charge in [-0.1, -0.05) is 6.07 Å². The normalized spacial score (nSPS) is 10.3. The molecule has 3 rings (SSSR count). The van der Waals surface area contributed by atoms with Crippen LogP contribution in [0.15, 0.2) is 36.9 Å². The number of aromatic amines is 1. The van der Waals surface area contributed by atoms with E-state index in [4.69, 9.17) is 0 Å². The van der Waals surface area contributed by atoms with Gasteiger partial charge in [0.25, 0.3) is 11.7 Å². The van der Waals surface area contributed by atoms with E-state index in [1.54, 1.807) is 35.4 Å². The maximum absolute atomic E-state index is 11.7. The number of H-pyrrole nitrogens is 1. The predicted octanol–water partition coefficient (Wildman–Crippen LogP) is 0.0327. The third kappa shape index (κ3) is 2.29. The van der Waals surface area contributed by atoms with Crippen LogP contribution in [0.1, 0.15) is 10.6 Å². The van der Waals surface area contributed by atoms with Crippen molar-refractivity contribution in [2.75, 3.05) is 5.32 Å². The zero-order valence-corrected chi connectivity index (χ0v) is 9.56. The minimum absolute atomic E-state index is 0.0188. The first-order valence-electron chi connectivity index (χ1n) is 5.33. The summed E-state index contributed by atoms with van der Waals surface area (Å²) in [5.41, 5.74) is 1.44. The Bertz CT molecular complexity index is 675. The van der Waals surface area contributed by atoms with Crippen molar-refractivity contribution in [1.29, 1.82) is 0 Å². The average Bonchev–Trinajstić information content (AvgIpc) is 3.13. The van der Waals surface area contributed by atoms with E-state index in [1.165, 1.54) is 0 Å². The molecule has 2 aromatic heterocycles. The summed E-state index contributed by atoms with van der Waals surface area (Å²) in [5, 5.41) is 22.9. The molecular formula is C10H8N8O. The summed E-state index contributed by atoms with van der Waals surface area (Å²) < 4.78 is 1.73. The number of rotatable bonds is 3. The Morgan fingerprint density at radius 1 is 1.26 bits per heavy atom. The quantitative estimate of drug-likeness (QED) is 0.683. The molecule has 0 fully saturated rings. The zero-order chi connectivity index (χ0) is 13.1. The van der Waals surface area contributed by atoms with Crippen LogP contribution in [-0.4, -0.2) is 41.3 Å². The number of tetrazole rings is 1. The Morgan fingerprint density at radius 3 is 2.84 bits per heavy atom.